The van der Waals surface area contributed by atoms with E-state index < -0.39 is 0 Å². The lowest BCUT2D eigenvalue weighted by Crippen LogP contribution is -2.32. The van der Waals surface area contributed by atoms with Gasteiger partial charge < -0.3 is 14.6 Å². The van der Waals surface area contributed by atoms with E-state index in [1.54, 1.807) is 24.3 Å². The highest BCUT2D eigenvalue weighted by Crippen LogP contribution is 2.32. The Balaban J connectivity index is 1.46. The molecule has 0 radical (unpaired) electrons. The highest BCUT2D eigenvalue weighted by molar-refractivity contribution is 6.00. The van der Waals surface area contributed by atoms with Crippen molar-refractivity contribution in [1.29, 1.82) is 0 Å². The zero-order valence-electron chi connectivity index (χ0n) is 15.3. The van der Waals surface area contributed by atoms with Gasteiger partial charge in [-0.05, 0) is 36.1 Å². The molecule has 0 unspecified atom stereocenters. The second-order valence-corrected chi connectivity index (χ2v) is 7.44. The molecule has 5 nitrogen and oxygen atoms in total. The topological polar surface area (TPSA) is 58.4 Å². The van der Waals surface area contributed by atoms with Crippen LogP contribution in [0.15, 0.2) is 59.1 Å². The monoisotopic (exact) mass is 377 g/mol. The summed E-state index contributed by atoms with van der Waals surface area (Å²) in [6, 6.07) is 13.7. The number of fused-ring (bicyclic) bond motifs is 1. The number of carbonyl (C=O) groups is 1. The maximum Gasteiger partial charge on any atom is 0.254 e. The molecule has 2 atom stereocenters. The number of amides is 1. The minimum Gasteiger partial charge on any atom is -0.436 e. The van der Waals surface area contributed by atoms with Gasteiger partial charge in [0.2, 0.25) is 5.89 Å². The summed E-state index contributed by atoms with van der Waals surface area (Å²) in [7, 11) is 0. The van der Waals surface area contributed by atoms with E-state index in [2.05, 4.69) is 10.3 Å². The average molecular weight is 377 g/mol. The molecule has 6 heteroatoms. The van der Waals surface area contributed by atoms with Gasteiger partial charge in [-0.25, -0.2) is 9.37 Å². The molecular formula is C22H20FN3O2. The number of carbonyl (C=O) groups excluding carboxylic acids is 1. The second kappa shape index (κ2) is 6.87. The van der Waals surface area contributed by atoms with Crippen molar-refractivity contribution in [3.8, 4) is 22.8 Å². The predicted molar refractivity (Wildman–Crippen MR) is 103 cm³/mol. The van der Waals surface area contributed by atoms with Crippen LogP contribution in [-0.2, 0) is 0 Å². The summed E-state index contributed by atoms with van der Waals surface area (Å²) in [4.78, 5) is 19.4. The SMILES string of the molecule is O=C(c1ccccc1-c1ncc(-c2ccccc2F)o1)N1C[C@H]2CNC[C@H]2C1. The molecule has 0 saturated carbocycles. The molecule has 2 aliphatic rings. The van der Waals surface area contributed by atoms with Crippen LogP contribution < -0.4 is 5.32 Å². The van der Waals surface area contributed by atoms with E-state index in [1.165, 1.54) is 12.3 Å². The number of hydrogen-bond acceptors (Lipinski definition) is 4. The zero-order valence-corrected chi connectivity index (χ0v) is 15.3. The molecular weight excluding hydrogens is 357 g/mol. The number of benzene rings is 2. The molecule has 2 aliphatic heterocycles. The molecule has 2 saturated heterocycles. The fraction of sp³-hybridized carbons (Fsp3) is 0.273. The highest BCUT2D eigenvalue weighted by Gasteiger charge is 2.38. The Morgan fingerprint density at radius 3 is 2.46 bits per heavy atom. The van der Waals surface area contributed by atoms with Crippen LogP contribution in [-0.4, -0.2) is 42.0 Å². The van der Waals surface area contributed by atoms with E-state index in [0.29, 0.717) is 40.2 Å². The summed E-state index contributed by atoms with van der Waals surface area (Å²) in [5.74, 6) is 1.36. The summed E-state index contributed by atoms with van der Waals surface area (Å²) < 4.78 is 19.9. The molecule has 28 heavy (non-hydrogen) atoms. The Morgan fingerprint density at radius 1 is 1.04 bits per heavy atom. The molecule has 1 aromatic heterocycles. The lowest BCUT2D eigenvalue weighted by Gasteiger charge is -2.18. The van der Waals surface area contributed by atoms with Crippen molar-refractivity contribution in [2.45, 2.75) is 0 Å². The van der Waals surface area contributed by atoms with Crippen LogP contribution in [0.2, 0.25) is 0 Å². The van der Waals surface area contributed by atoms with E-state index in [1.807, 2.05) is 23.1 Å². The van der Waals surface area contributed by atoms with Crippen LogP contribution >= 0.6 is 0 Å². The fourth-order valence-corrected chi connectivity index (χ4v) is 4.23. The number of nitrogens with zero attached hydrogens (tertiary/aromatic N) is 2. The minimum absolute atomic E-state index is 0.00404. The largest absolute Gasteiger partial charge is 0.436 e. The molecule has 1 N–H and O–H groups in total. The van der Waals surface area contributed by atoms with Gasteiger partial charge in [0.1, 0.15) is 5.82 Å². The van der Waals surface area contributed by atoms with Crippen LogP contribution in [0.1, 0.15) is 10.4 Å². The molecule has 1 amide bonds. The first-order valence-electron chi connectivity index (χ1n) is 9.51. The number of hydrogen-bond donors (Lipinski definition) is 1. The van der Waals surface area contributed by atoms with Gasteiger partial charge in [-0.3, -0.25) is 4.79 Å². The molecule has 5 rings (SSSR count). The van der Waals surface area contributed by atoms with Crippen molar-refractivity contribution in [1.82, 2.24) is 15.2 Å². The lowest BCUT2D eigenvalue weighted by atomic mass is 10.0. The van der Waals surface area contributed by atoms with Crippen molar-refractivity contribution < 1.29 is 13.6 Å². The number of rotatable bonds is 3. The van der Waals surface area contributed by atoms with Crippen molar-refractivity contribution in [2.24, 2.45) is 11.8 Å². The third kappa shape index (κ3) is 2.90. The van der Waals surface area contributed by atoms with E-state index in [4.69, 9.17) is 4.42 Å². The summed E-state index contributed by atoms with van der Waals surface area (Å²) in [6.07, 6.45) is 1.50. The first-order valence-corrected chi connectivity index (χ1v) is 9.51. The summed E-state index contributed by atoms with van der Waals surface area (Å²) in [5.41, 5.74) is 1.55. The van der Waals surface area contributed by atoms with E-state index in [-0.39, 0.29) is 11.7 Å². The third-order valence-electron chi connectivity index (χ3n) is 5.71. The van der Waals surface area contributed by atoms with Crippen molar-refractivity contribution >= 4 is 5.91 Å². The van der Waals surface area contributed by atoms with E-state index in [9.17, 15) is 9.18 Å². The van der Waals surface area contributed by atoms with Crippen LogP contribution in [0, 0.1) is 17.7 Å². The van der Waals surface area contributed by atoms with Gasteiger partial charge in [0.25, 0.3) is 5.91 Å². The van der Waals surface area contributed by atoms with Gasteiger partial charge in [-0.15, -0.1) is 0 Å². The number of oxazole rings is 1. The van der Waals surface area contributed by atoms with Crippen LogP contribution in [0.5, 0.6) is 0 Å². The van der Waals surface area contributed by atoms with Gasteiger partial charge >= 0.3 is 0 Å². The Kier molecular flexibility index (Phi) is 4.20. The Morgan fingerprint density at radius 2 is 1.71 bits per heavy atom. The Labute approximate surface area is 162 Å². The molecule has 0 bridgehead atoms. The van der Waals surface area contributed by atoms with Crippen LogP contribution in [0.25, 0.3) is 22.8 Å². The minimum atomic E-state index is -0.369. The van der Waals surface area contributed by atoms with Crippen molar-refractivity contribution in [3.05, 3.63) is 66.1 Å². The van der Waals surface area contributed by atoms with Crippen molar-refractivity contribution in [2.75, 3.05) is 26.2 Å². The standard InChI is InChI=1S/C22H20FN3O2/c23-19-8-4-3-7-18(19)20-11-25-21(28-20)16-5-1-2-6-17(16)22(27)26-12-14-9-24-10-15(14)13-26/h1-8,11,14-15,24H,9-10,12-13H2/t14-,15+. The molecule has 3 heterocycles. The Hall–Kier alpha value is -2.99. The van der Waals surface area contributed by atoms with Gasteiger partial charge in [0.05, 0.1) is 17.3 Å². The summed E-state index contributed by atoms with van der Waals surface area (Å²) in [5, 5.41) is 3.39. The number of aromatic nitrogens is 1. The third-order valence-corrected chi connectivity index (χ3v) is 5.71. The highest BCUT2D eigenvalue weighted by atomic mass is 19.1. The average Bonchev–Trinajstić information content (AvgIpc) is 3.44. The fourth-order valence-electron chi connectivity index (χ4n) is 4.23. The van der Waals surface area contributed by atoms with E-state index in [0.717, 1.165) is 26.2 Å². The summed E-state index contributed by atoms with van der Waals surface area (Å²) in [6.45, 7) is 3.50. The molecule has 0 spiro atoms. The first kappa shape index (κ1) is 17.1. The lowest BCUT2D eigenvalue weighted by molar-refractivity contribution is 0.0782. The zero-order chi connectivity index (χ0) is 19.1. The molecule has 2 aromatic carbocycles. The number of nitrogens with one attached hydrogen (secondary N) is 1. The summed E-state index contributed by atoms with van der Waals surface area (Å²) >= 11 is 0. The van der Waals surface area contributed by atoms with Crippen molar-refractivity contribution in [3.63, 3.8) is 0 Å². The van der Waals surface area contributed by atoms with Gasteiger partial charge in [0.15, 0.2) is 5.76 Å². The number of likely N-dealkylation sites (tertiary alicyclic amines) is 1. The normalized spacial score (nSPS) is 21.1. The quantitative estimate of drug-likeness (QED) is 0.760. The van der Waals surface area contributed by atoms with Crippen LogP contribution in [0.3, 0.4) is 0 Å². The van der Waals surface area contributed by atoms with Crippen LogP contribution in [0.4, 0.5) is 4.39 Å². The molecule has 2 fully saturated rings. The van der Waals surface area contributed by atoms with Gasteiger partial charge in [0, 0.05) is 31.7 Å². The molecule has 3 aromatic rings. The van der Waals surface area contributed by atoms with Gasteiger partial charge in [-0.2, -0.15) is 0 Å². The smallest absolute Gasteiger partial charge is 0.254 e. The number of halogens is 1. The Bertz CT molecular complexity index is 1020. The predicted octanol–water partition coefficient (Wildman–Crippen LogP) is 3.44. The second-order valence-electron chi connectivity index (χ2n) is 7.44. The molecule has 0 aliphatic carbocycles. The maximum atomic E-state index is 14.1. The first-order chi connectivity index (χ1) is 13.7. The van der Waals surface area contributed by atoms with E-state index >= 15 is 0 Å². The molecule has 142 valence electrons. The van der Waals surface area contributed by atoms with Gasteiger partial charge in [-0.1, -0.05) is 24.3 Å². The maximum absolute atomic E-state index is 14.1.